The molecule has 10 heteroatoms. The van der Waals surface area contributed by atoms with Gasteiger partial charge < -0.3 is 34.1 Å². The van der Waals surface area contributed by atoms with Crippen molar-refractivity contribution in [3.8, 4) is 0 Å². The highest BCUT2D eigenvalue weighted by Gasteiger charge is 2.57. The van der Waals surface area contributed by atoms with Crippen molar-refractivity contribution in [2.45, 2.75) is 153 Å². The number of fused-ring (bicyclic) bond motifs is 4. The van der Waals surface area contributed by atoms with Crippen LogP contribution in [0.5, 0.6) is 0 Å². The smallest absolute Gasteiger partial charge is 0.338 e. The standard InChI is InChI=1S/C47H59NO9/c1-44(2,3)56-40(50)17-15-34(27-49)48-42(51)33-22-37(41-38(23-33)54-47(57-41)24-31-11-7-8-12-32(31)25-47)53-43(52)30-13-9-10-28(21-30)20-29-14-16-39-46(6,55-39)19-18-36-35(29)26-45(36,4)5/h7-13,20-21,23,34-39,41,49H,14-19,22,24-27H2,1-6H3,(H,48,51). The van der Waals surface area contributed by atoms with Gasteiger partial charge in [-0.2, -0.15) is 0 Å². The fraction of sp³-hybridized carbons (Fsp3) is 0.596. The summed E-state index contributed by atoms with van der Waals surface area (Å²) in [6, 6.07) is 15.1. The summed E-state index contributed by atoms with van der Waals surface area (Å²) in [4.78, 5) is 40.3. The van der Waals surface area contributed by atoms with Crippen molar-refractivity contribution in [1.29, 1.82) is 0 Å². The second-order valence-corrected chi connectivity index (χ2v) is 19.3. The molecule has 0 radical (unpaired) electrons. The van der Waals surface area contributed by atoms with Gasteiger partial charge >= 0.3 is 11.9 Å². The monoisotopic (exact) mass is 781 g/mol. The van der Waals surface area contributed by atoms with Gasteiger partial charge in [0.1, 0.15) is 23.9 Å². The molecule has 6 aliphatic rings. The summed E-state index contributed by atoms with van der Waals surface area (Å²) in [5.41, 5.74) is 5.16. The van der Waals surface area contributed by atoms with Gasteiger partial charge in [-0.25, -0.2) is 4.79 Å². The minimum absolute atomic E-state index is 0.0149. The number of nitrogens with one attached hydrogen (secondary N) is 1. The van der Waals surface area contributed by atoms with E-state index in [0.717, 1.165) is 42.4 Å². The second kappa shape index (κ2) is 15.1. The molecule has 8 atom stereocenters. The molecule has 2 N–H and O–H groups in total. The molecule has 2 saturated carbocycles. The van der Waals surface area contributed by atoms with Crippen LogP contribution in [0.2, 0.25) is 0 Å². The van der Waals surface area contributed by atoms with E-state index < -0.39 is 53.6 Å². The van der Waals surface area contributed by atoms with E-state index in [2.05, 4.69) is 44.3 Å². The zero-order valence-corrected chi connectivity index (χ0v) is 34.3. The lowest BCUT2D eigenvalue weighted by molar-refractivity contribution is -0.172. The molecule has 10 nitrogen and oxygen atoms in total. The summed E-state index contributed by atoms with van der Waals surface area (Å²) in [5.74, 6) is -1.12. The highest BCUT2D eigenvalue weighted by molar-refractivity contribution is 5.94. The van der Waals surface area contributed by atoms with Crippen LogP contribution in [-0.2, 0) is 46.1 Å². The Labute approximate surface area is 336 Å². The topological polar surface area (TPSA) is 133 Å². The Balaban J connectivity index is 0.996. The molecule has 8 rings (SSSR count). The first kappa shape index (κ1) is 40.0. The van der Waals surface area contributed by atoms with Crippen LogP contribution in [0.4, 0.5) is 0 Å². The number of epoxide rings is 1. The molecule has 4 aliphatic carbocycles. The average molecular weight is 782 g/mol. The number of ether oxygens (including phenoxy) is 5. The number of allylic oxidation sites excluding steroid dienone is 1. The molecular formula is C47H59NO9. The molecule has 1 spiro atoms. The molecule has 0 bridgehead atoms. The van der Waals surface area contributed by atoms with E-state index in [9.17, 15) is 19.5 Å². The van der Waals surface area contributed by atoms with Gasteiger partial charge in [-0.15, -0.1) is 0 Å². The number of hydrogen-bond acceptors (Lipinski definition) is 9. The molecule has 2 aromatic rings. The van der Waals surface area contributed by atoms with Gasteiger partial charge in [0, 0.05) is 31.3 Å². The van der Waals surface area contributed by atoms with Gasteiger partial charge in [0.2, 0.25) is 5.91 Å². The maximum absolute atomic E-state index is 14.1. The summed E-state index contributed by atoms with van der Waals surface area (Å²) in [5, 5.41) is 13.0. The molecule has 2 heterocycles. The molecule has 57 heavy (non-hydrogen) atoms. The van der Waals surface area contributed by atoms with E-state index in [1.807, 2.05) is 30.3 Å². The maximum atomic E-state index is 14.1. The first-order valence-electron chi connectivity index (χ1n) is 21.0. The third-order valence-corrected chi connectivity index (χ3v) is 13.3. The molecular weight excluding hydrogens is 723 g/mol. The number of benzene rings is 2. The van der Waals surface area contributed by atoms with Crippen molar-refractivity contribution in [2.24, 2.45) is 17.3 Å². The summed E-state index contributed by atoms with van der Waals surface area (Å²) in [6.07, 6.45) is 9.15. The SMILES string of the molecule is CC(C)(C)OC(=O)CCC(CO)NC(=O)C1=CC2OC3(Cc4ccccc4C3)OC2C(OC(=O)c2cccc(C=C3CCC4OC4(C)CCC4C3CC4(C)C)c2)C1. The molecule has 0 aromatic heterocycles. The van der Waals surface area contributed by atoms with Crippen LogP contribution in [0.3, 0.4) is 0 Å². The van der Waals surface area contributed by atoms with Crippen LogP contribution in [0.1, 0.15) is 120 Å². The Morgan fingerprint density at radius 1 is 1.00 bits per heavy atom. The van der Waals surface area contributed by atoms with Crippen molar-refractivity contribution >= 4 is 23.9 Å². The van der Waals surface area contributed by atoms with E-state index in [1.165, 1.54) is 12.0 Å². The molecule has 2 aliphatic heterocycles. The largest absolute Gasteiger partial charge is 0.460 e. The van der Waals surface area contributed by atoms with Crippen LogP contribution < -0.4 is 5.32 Å². The fourth-order valence-corrected chi connectivity index (χ4v) is 10.2. The summed E-state index contributed by atoms with van der Waals surface area (Å²) < 4.78 is 31.2. The molecule has 306 valence electrons. The Morgan fingerprint density at radius 3 is 2.46 bits per heavy atom. The Morgan fingerprint density at radius 2 is 1.75 bits per heavy atom. The van der Waals surface area contributed by atoms with Gasteiger partial charge in [0.05, 0.1) is 29.9 Å². The second-order valence-electron chi connectivity index (χ2n) is 19.3. The van der Waals surface area contributed by atoms with Crippen molar-refractivity contribution in [1.82, 2.24) is 5.32 Å². The number of esters is 2. The predicted molar refractivity (Wildman–Crippen MR) is 214 cm³/mol. The van der Waals surface area contributed by atoms with Crippen molar-refractivity contribution < 1.29 is 43.2 Å². The van der Waals surface area contributed by atoms with E-state index in [1.54, 1.807) is 32.9 Å². The van der Waals surface area contributed by atoms with Crippen LogP contribution >= 0.6 is 0 Å². The number of carbonyl (C=O) groups excluding carboxylic acids is 3. The van der Waals surface area contributed by atoms with E-state index in [-0.39, 0.29) is 31.5 Å². The first-order valence-corrected chi connectivity index (χ1v) is 21.0. The first-order chi connectivity index (χ1) is 27.0. The third kappa shape index (κ3) is 8.52. The third-order valence-electron chi connectivity index (χ3n) is 13.3. The number of hydrogen-bond donors (Lipinski definition) is 2. The minimum atomic E-state index is -0.938. The van der Waals surface area contributed by atoms with Crippen LogP contribution in [0.15, 0.2) is 65.8 Å². The molecule has 2 aromatic carbocycles. The zero-order valence-electron chi connectivity index (χ0n) is 34.3. The number of aliphatic hydroxyl groups is 1. The van der Waals surface area contributed by atoms with Gasteiger partial charge in [0.15, 0.2) is 5.79 Å². The highest BCUT2D eigenvalue weighted by Crippen LogP contribution is 2.60. The highest BCUT2D eigenvalue weighted by atomic mass is 16.8. The Hall–Kier alpha value is -3.83. The molecule has 4 fully saturated rings. The lowest BCUT2D eigenvalue weighted by atomic mass is 9.52. The summed E-state index contributed by atoms with van der Waals surface area (Å²) in [6.45, 7) is 12.1. The zero-order chi connectivity index (χ0) is 40.3. The van der Waals surface area contributed by atoms with Crippen molar-refractivity contribution in [3.63, 3.8) is 0 Å². The van der Waals surface area contributed by atoms with Crippen LogP contribution in [0.25, 0.3) is 6.08 Å². The normalized spacial score (nSPS) is 31.8. The van der Waals surface area contributed by atoms with Crippen LogP contribution in [-0.4, -0.2) is 77.0 Å². The van der Waals surface area contributed by atoms with Gasteiger partial charge in [-0.1, -0.05) is 61.9 Å². The molecule has 1 amide bonds. The maximum Gasteiger partial charge on any atom is 0.338 e. The van der Waals surface area contributed by atoms with Gasteiger partial charge in [-0.05, 0) is 118 Å². The number of aliphatic hydroxyl groups excluding tert-OH is 1. The van der Waals surface area contributed by atoms with Crippen molar-refractivity contribution in [3.05, 3.63) is 88.0 Å². The lowest BCUT2D eigenvalue weighted by Gasteiger charge is -2.53. The quantitative estimate of drug-likeness (QED) is 0.200. The van der Waals surface area contributed by atoms with E-state index in [4.69, 9.17) is 23.7 Å². The van der Waals surface area contributed by atoms with Crippen molar-refractivity contribution in [2.75, 3.05) is 6.61 Å². The van der Waals surface area contributed by atoms with Gasteiger partial charge in [0.25, 0.3) is 0 Å². The Kier molecular flexibility index (Phi) is 10.6. The summed E-state index contributed by atoms with van der Waals surface area (Å²) in [7, 11) is 0. The Bertz CT molecular complexity index is 1930. The molecule has 2 saturated heterocycles. The number of carbonyl (C=O) groups is 3. The summed E-state index contributed by atoms with van der Waals surface area (Å²) >= 11 is 0. The number of amides is 1. The van der Waals surface area contributed by atoms with Gasteiger partial charge in [-0.3, -0.25) is 9.59 Å². The number of rotatable bonds is 9. The predicted octanol–water partition coefficient (Wildman–Crippen LogP) is 7.20. The fourth-order valence-electron chi connectivity index (χ4n) is 10.2. The lowest BCUT2D eigenvalue weighted by Crippen LogP contribution is -2.45. The minimum Gasteiger partial charge on any atom is -0.460 e. The van der Waals surface area contributed by atoms with E-state index in [0.29, 0.717) is 47.3 Å². The van der Waals surface area contributed by atoms with Crippen LogP contribution in [0, 0.1) is 17.3 Å². The average Bonchev–Trinajstić information content (AvgIpc) is 3.44. The van der Waals surface area contributed by atoms with E-state index >= 15 is 0 Å². The molecule has 8 unspecified atom stereocenters.